The molecule has 100 valence electrons. The second kappa shape index (κ2) is 5.24. The fourth-order valence-corrected chi connectivity index (χ4v) is 2.85. The lowest BCUT2D eigenvalue weighted by molar-refractivity contribution is 0.0712. The number of methoxy groups -OCH3 is 1. The van der Waals surface area contributed by atoms with Gasteiger partial charge in [-0.15, -0.1) is 0 Å². The highest BCUT2D eigenvalue weighted by atomic mass is 19.1. The molecule has 0 spiro atoms. The van der Waals surface area contributed by atoms with Crippen molar-refractivity contribution in [1.82, 2.24) is 5.32 Å². The molecule has 0 bridgehead atoms. The molecule has 2 rings (SSSR count). The fourth-order valence-electron chi connectivity index (χ4n) is 2.85. The van der Waals surface area contributed by atoms with Crippen LogP contribution >= 0.6 is 0 Å². The molecule has 3 nitrogen and oxygen atoms in total. The van der Waals surface area contributed by atoms with Crippen LogP contribution in [0.25, 0.3) is 0 Å². The van der Waals surface area contributed by atoms with Crippen molar-refractivity contribution in [2.45, 2.75) is 31.3 Å². The third kappa shape index (κ3) is 2.22. The number of ether oxygens (including phenoxy) is 1. The van der Waals surface area contributed by atoms with Crippen molar-refractivity contribution in [3.8, 4) is 5.75 Å². The maximum atomic E-state index is 13.5. The van der Waals surface area contributed by atoms with E-state index >= 15 is 0 Å². The summed E-state index contributed by atoms with van der Waals surface area (Å²) in [7, 11) is 1.58. The van der Waals surface area contributed by atoms with Crippen molar-refractivity contribution >= 4 is 0 Å². The van der Waals surface area contributed by atoms with Gasteiger partial charge in [-0.3, -0.25) is 0 Å². The molecule has 0 amide bonds. The first-order chi connectivity index (χ1) is 8.60. The van der Waals surface area contributed by atoms with Crippen molar-refractivity contribution in [2.24, 2.45) is 0 Å². The molecule has 1 heterocycles. The van der Waals surface area contributed by atoms with Gasteiger partial charge in [-0.2, -0.15) is 0 Å². The third-order valence-electron chi connectivity index (χ3n) is 3.99. The minimum absolute atomic E-state index is 0.288. The van der Waals surface area contributed by atoms with Crippen LogP contribution in [0.15, 0.2) is 18.2 Å². The number of hydrogen-bond acceptors (Lipinski definition) is 3. The van der Waals surface area contributed by atoms with Crippen LogP contribution in [0.4, 0.5) is 4.39 Å². The summed E-state index contributed by atoms with van der Waals surface area (Å²) in [5.41, 5.74) is 0.361. The van der Waals surface area contributed by atoms with Crippen LogP contribution in [0.1, 0.15) is 25.3 Å². The lowest BCUT2D eigenvalue weighted by Gasteiger charge is -2.41. The van der Waals surface area contributed by atoms with Gasteiger partial charge in [0, 0.05) is 11.0 Å². The second-order valence-electron chi connectivity index (χ2n) is 4.93. The summed E-state index contributed by atoms with van der Waals surface area (Å²) >= 11 is 0. The number of aliphatic hydroxyl groups excluding tert-OH is 1. The van der Waals surface area contributed by atoms with Gasteiger partial charge in [-0.1, -0.05) is 0 Å². The second-order valence-corrected chi connectivity index (χ2v) is 4.93. The van der Waals surface area contributed by atoms with E-state index in [0.717, 1.165) is 31.5 Å². The molecule has 18 heavy (non-hydrogen) atoms. The first-order valence-corrected chi connectivity index (χ1v) is 6.33. The van der Waals surface area contributed by atoms with E-state index in [1.165, 1.54) is 12.1 Å². The number of aliphatic hydroxyl groups is 1. The zero-order valence-electron chi connectivity index (χ0n) is 10.9. The SMILES string of the molecule is COc1ccc(F)cc1C1(C(C)O)CCNCC1. The highest BCUT2D eigenvalue weighted by molar-refractivity contribution is 5.41. The molecule has 1 aliphatic rings. The summed E-state index contributed by atoms with van der Waals surface area (Å²) in [5, 5.41) is 13.5. The summed E-state index contributed by atoms with van der Waals surface area (Å²) in [5.74, 6) is 0.364. The summed E-state index contributed by atoms with van der Waals surface area (Å²) in [6.45, 7) is 3.42. The number of benzene rings is 1. The number of nitrogens with one attached hydrogen (secondary N) is 1. The molecule has 1 saturated heterocycles. The monoisotopic (exact) mass is 253 g/mol. The molecule has 1 aliphatic heterocycles. The first-order valence-electron chi connectivity index (χ1n) is 6.33. The van der Waals surface area contributed by atoms with Crippen molar-refractivity contribution in [2.75, 3.05) is 20.2 Å². The molecule has 0 aliphatic carbocycles. The molecule has 1 fully saturated rings. The number of piperidine rings is 1. The standard InChI is InChI=1S/C14H20FNO2/c1-10(17)14(5-7-16-8-6-14)12-9-11(15)3-4-13(12)18-2/h3-4,9-10,16-17H,5-8H2,1-2H3. The smallest absolute Gasteiger partial charge is 0.123 e. The summed E-state index contributed by atoms with van der Waals surface area (Å²) in [4.78, 5) is 0. The first kappa shape index (κ1) is 13.3. The highest BCUT2D eigenvalue weighted by Crippen LogP contribution is 2.41. The molecular weight excluding hydrogens is 233 g/mol. The van der Waals surface area contributed by atoms with Gasteiger partial charge in [-0.25, -0.2) is 4.39 Å². The van der Waals surface area contributed by atoms with Gasteiger partial charge < -0.3 is 15.2 Å². The lowest BCUT2D eigenvalue weighted by Crippen LogP contribution is -2.47. The predicted molar refractivity (Wildman–Crippen MR) is 68.4 cm³/mol. The molecular formula is C14H20FNO2. The lowest BCUT2D eigenvalue weighted by atomic mass is 9.69. The minimum Gasteiger partial charge on any atom is -0.496 e. The van der Waals surface area contributed by atoms with Crippen molar-refractivity contribution in [3.63, 3.8) is 0 Å². The maximum absolute atomic E-state index is 13.5. The van der Waals surface area contributed by atoms with Crippen LogP contribution in [0, 0.1) is 5.82 Å². The zero-order chi connectivity index (χ0) is 13.2. The molecule has 0 aromatic heterocycles. The highest BCUT2D eigenvalue weighted by Gasteiger charge is 2.40. The van der Waals surface area contributed by atoms with Crippen LogP contribution in [-0.2, 0) is 5.41 Å². The molecule has 0 saturated carbocycles. The maximum Gasteiger partial charge on any atom is 0.123 e. The van der Waals surface area contributed by atoms with Crippen LogP contribution in [-0.4, -0.2) is 31.4 Å². The van der Waals surface area contributed by atoms with Gasteiger partial charge in [0.2, 0.25) is 0 Å². The Balaban J connectivity index is 2.50. The quantitative estimate of drug-likeness (QED) is 0.863. The molecule has 0 radical (unpaired) electrons. The van der Waals surface area contributed by atoms with Gasteiger partial charge in [0.1, 0.15) is 11.6 Å². The Hall–Kier alpha value is -1.13. The van der Waals surface area contributed by atoms with Crippen LogP contribution in [0.2, 0.25) is 0 Å². The van der Waals surface area contributed by atoms with Crippen LogP contribution in [0.3, 0.4) is 0 Å². The molecule has 1 aromatic carbocycles. The molecule has 2 N–H and O–H groups in total. The van der Waals surface area contributed by atoms with Crippen LogP contribution in [0.5, 0.6) is 5.75 Å². The Morgan fingerprint density at radius 1 is 1.39 bits per heavy atom. The average molecular weight is 253 g/mol. The predicted octanol–water partition coefficient (Wildman–Crippen LogP) is 1.84. The largest absolute Gasteiger partial charge is 0.496 e. The van der Waals surface area contributed by atoms with E-state index in [-0.39, 0.29) is 5.82 Å². The van der Waals surface area contributed by atoms with Gasteiger partial charge in [0.05, 0.1) is 13.2 Å². The Bertz CT molecular complexity index is 414. The van der Waals surface area contributed by atoms with Gasteiger partial charge >= 0.3 is 0 Å². The Morgan fingerprint density at radius 3 is 2.61 bits per heavy atom. The zero-order valence-corrected chi connectivity index (χ0v) is 10.9. The summed E-state index contributed by atoms with van der Waals surface area (Å²) < 4.78 is 18.8. The van der Waals surface area contributed by atoms with Crippen molar-refractivity contribution < 1.29 is 14.2 Å². The average Bonchev–Trinajstić information content (AvgIpc) is 2.39. The Morgan fingerprint density at radius 2 is 2.06 bits per heavy atom. The van der Waals surface area contributed by atoms with E-state index in [4.69, 9.17) is 4.74 Å². The number of hydrogen-bond donors (Lipinski definition) is 2. The molecule has 1 atom stereocenters. The van der Waals surface area contributed by atoms with Crippen molar-refractivity contribution in [1.29, 1.82) is 0 Å². The molecule has 1 aromatic rings. The van der Waals surface area contributed by atoms with Gasteiger partial charge in [0.15, 0.2) is 0 Å². The molecule has 1 unspecified atom stereocenters. The normalized spacial score (nSPS) is 20.4. The number of halogens is 1. The van der Waals surface area contributed by atoms with E-state index in [2.05, 4.69) is 5.32 Å². The van der Waals surface area contributed by atoms with E-state index in [1.54, 1.807) is 20.1 Å². The Kier molecular flexibility index (Phi) is 3.88. The third-order valence-corrected chi connectivity index (χ3v) is 3.99. The minimum atomic E-state index is -0.532. The Labute approximate surface area is 107 Å². The summed E-state index contributed by atoms with van der Waals surface area (Å²) in [6.07, 6.45) is 1.03. The fraction of sp³-hybridized carbons (Fsp3) is 0.571. The van der Waals surface area contributed by atoms with E-state index < -0.39 is 11.5 Å². The number of rotatable bonds is 3. The molecule has 4 heteroatoms. The van der Waals surface area contributed by atoms with Gasteiger partial charge in [0.25, 0.3) is 0 Å². The van der Waals surface area contributed by atoms with E-state index in [1.807, 2.05) is 0 Å². The van der Waals surface area contributed by atoms with E-state index in [0.29, 0.717) is 5.75 Å². The van der Waals surface area contributed by atoms with E-state index in [9.17, 15) is 9.50 Å². The van der Waals surface area contributed by atoms with Crippen molar-refractivity contribution in [3.05, 3.63) is 29.6 Å². The van der Waals surface area contributed by atoms with Crippen LogP contribution < -0.4 is 10.1 Å². The topological polar surface area (TPSA) is 41.5 Å². The van der Waals surface area contributed by atoms with Gasteiger partial charge in [-0.05, 0) is 51.1 Å². The summed E-state index contributed by atoms with van der Waals surface area (Å²) in [6, 6.07) is 4.52.